The Morgan fingerprint density at radius 3 is 2.60 bits per heavy atom. The van der Waals surface area contributed by atoms with E-state index in [4.69, 9.17) is 5.11 Å². The van der Waals surface area contributed by atoms with E-state index in [0.29, 0.717) is 6.42 Å². The summed E-state index contributed by atoms with van der Waals surface area (Å²) in [5.74, 6) is -0.870. The summed E-state index contributed by atoms with van der Waals surface area (Å²) in [6.45, 7) is 0.268. The number of rotatable bonds is 7. The molecule has 0 atom stereocenters. The Labute approximate surface area is 148 Å². The lowest BCUT2D eigenvalue weighted by Crippen LogP contribution is -2.28. The van der Waals surface area contributed by atoms with E-state index in [9.17, 15) is 9.59 Å². The van der Waals surface area contributed by atoms with Gasteiger partial charge >= 0.3 is 5.97 Å². The van der Waals surface area contributed by atoms with Gasteiger partial charge in [-0.05, 0) is 47.1 Å². The van der Waals surface area contributed by atoms with Gasteiger partial charge in [-0.25, -0.2) is 0 Å². The molecule has 0 unspecified atom stereocenters. The molecule has 0 heterocycles. The number of fused-ring (bicyclic) bond motifs is 3. The van der Waals surface area contributed by atoms with Crippen LogP contribution in [0.4, 0.5) is 0 Å². The first-order chi connectivity index (χ1) is 12.0. The van der Waals surface area contributed by atoms with Gasteiger partial charge in [0.1, 0.15) is 0 Å². The molecular weight excluding hydrogens is 314 g/mol. The molecule has 0 bridgehead atoms. The highest BCUT2D eigenvalue weighted by Crippen LogP contribution is 2.36. The van der Waals surface area contributed by atoms with Crippen LogP contribution in [0.15, 0.2) is 42.5 Å². The van der Waals surface area contributed by atoms with Crippen molar-refractivity contribution in [1.29, 1.82) is 0 Å². The van der Waals surface area contributed by atoms with Gasteiger partial charge in [-0.1, -0.05) is 42.5 Å². The summed E-state index contributed by atoms with van der Waals surface area (Å²) in [6, 6.07) is 15.1. The molecule has 1 amide bonds. The number of hydrogen-bond donors (Lipinski definition) is 1. The van der Waals surface area contributed by atoms with Crippen molar-refractivity contribution < 1.29 is 14.7 Å². The summed E-state index contributed by atoms with van der Waals surface area (Å²) in [7, 11) is 1.66. The number of carbonyl (C=O) groups is 2. The fraction of sp³-hybridized carbons (Fsp3) is 0.333. The van der Waals surface area contributed by atoms with Gasteiger partial charge in [0.2, 0.25) is 5.91 Å². The number of amides is 1. The molecule has 0 saturated carbocycles. The van der Waals surface area contributed by atoms with Crippen molar-refractivity contribution in [2.24, 2.45) is 0 Å². The summed E-state index contributed by atoms with van der Waals surface area (Å²) in [5.41, 5.74) is 6.64. The maximum Gasteiger partial charge on any atom is 0.305 e. The molecule has 130 valence electrons. The van der Waals surface area contributed by atoms with Crippen molar-refractivity contribution in [3.8, 4) is 11.1 Å². The number of hydrogen-bond acceptors (Lipinski definition) is 2. The number of nitrogens with zero attached hydrogens (tertiary/aromatic N) is 1. The van der Waals surface area contributed by atoms with Gasteiger partial charge in [0.15, 0.2) is 0 Å². The highest BCUT2D eigenvalue weighted by molar-refractivity contribution is 5.78. The standard InChI is InChI=1S/C21H23NO3/c1-22(12-11-21(24)25)20(23)8-4-5-15-9-10-17-14-16-6-2-3-7-18(16)19(17)13-15/h2-3,6-7,9-10,13H,4-5,8,11-12,14H2,1H3,(H,24,25). The van der Waals surface area contributed by atoms with Gasteiger partial charge in [0.25, 0.3) is 0 Å². The molecule has 4 heteroatoms. The Morgan fingerprint density at radius 1 is 1.04 bits per heavy atom. The molecule has 25 heavy (non-hydrogen) atoms. The lowest BCUT2D eigenvalue weighted by molar-refractivity contribution is -0.138. The summed E-state index contributed by atoms with van der Waals surface area (Å²) < 4.78 is 0. The maximum atomic E-state index is 12.0. The first-order valence-electron chi connectivity index (χ1n) is 8.70. The van der Waals surface area contributed by atoms with Crippen LogP contribution in [-0.2, 0) is 22.4 Å². The van der Waals surface area contributed by atoms with Gasteiger partial charge in [0.05, 0.1) is 6.42 Å². The maximum absolute atomic E-state index is 12.0. The zero-order valence-corrected chi connectivity index (χ0v) is 14.5. The molecule has 2 aromatic carbocycles. The monoisotopic (exact) mass is 337 g/mol. The molecule has 0 saturated heterocycles. The minimum Gasteiger partial charge on any atom is -0.481 e. The summed E-state index contributed by atoms with van der Waals surface area (Å²) in [5, 5.41) is 8.68. The average molecular weight is 337 g/mol. The SMILES string of the molecule is CN(CCC(=O)O)C(=O)CCCc1ccc2c(c1)-c1ccccc1C2. The van der Waals surface area contributed by atoms with Crippen LogP contribution in [-0.4, -0.2) is 35.5 Å². The van der Waals surface area contributed by atoms with Gasteiger partial charge in [-0.15, -0.1) is 0 Å². The zero-order valence-electron chi connectivity index (χ0n) is 14.5. The molecule has 0 aromatic heterocycles. The van der Waals surface area contributed by atoms with Crippen molar-refractivity contribution in [2.45, 2.75) is 32.1 Å². The van der Waals surface area contributed by atoms with E-state index in [-0.39, 0.29) is 18.9 Å². The van der Waals surface area contributed by atoms with Crippen LogP contribution in [0.1, 0.15) is 36.0 Å². The van der Waals surface area contributed by atoms with Crippen LogP contribution in [0, 0.1) is 0 Å². The molecule has 3 rings (SSSR count). The predicted molar refractivity (Wildman–Crippen MR) is 97.5 cm³/mol. The number of benzene rings is 2. The fourth-order valence-corrected chi connectivity index (χ4v) is 3.35. The number of carboxylic acids is 1. The van der Waals surface area contributed by atoms with Crippen molar-refractivity contribution in [3.05, 3.63) is 59.2 Å². The molecule has 1 aliphatic rings. The van der Waals surface area contributed by atoms with E-state index >= 15 is 0 Å². The highest BCUT2D eigenvalue weighted by Gasteiger charge is 2.18. The minimum atomic E-state index is -0.877. The molecular formula is C21H23NO3. The molecule has 1 aliphatic carbocycles. The molecule has 0 aliphatic heterocycles. The Morgan fingerprint density at radius 2 is 1.80 bits per heavy atom. The second-order valence-electron chi connectivity index (χ2n) is 6.64. The Balaban J connectivity index is 1.55. The smallest absolute Gasteiger partial charge is 0.305 e. The van der Waals surface area contributed by atoms with E-state index in [0.717, 1.165) is 19.3 Å². The van der Waals surface area contributed by atoms with Gasteiger partial charge < -0.3 is 10.0 Å². The molecule has 1 N–H and O–H groups in total. The Bertz CT molecular complexity index is 797. The third-order valence-corrected chi connectivity index (χ3v) is 4.81. The molecule has 0 fully saturated rings. The minimum absolute atomic E-state index is 0.00718. The van der Waals surface area contributed by atoms with Crippen molar-refractivity contribution in [2.75, 3.05) is 13.6 Å². The number of aliphatic carboxylic acids is 1. The number of carboxylic acid groups (broad SMARTS) is 1. The molecule has 4 nitrogen and oxygen atoms in total. The summed E-state index contributed by atoms with van der Waals surface area (Å²) in [6.07, 6.45) is 3.07. The lowest BCUT2D eigenvalue weighted by Gasteiger charge is -2.15. The lowest BCUT2D eigenvalue weighted by atomic mass is 10.00. The number of aryl methyl sites for hydroxylation is 1. The van der Waals surface area contributed by atoms with Crippen molar-refractivity contribution >= 4 is 11.9 Å². The number of carbonyl (C=O) groups excluding carboxylic acids is 1. The second kappa shape index (κ2) is 7.51. The van der Waals surface area contributed by atoms with Gasteiger partial charge in [0, 0.05) is 20.0 Å². The van der Waals surface area contributed by atoms with E-state index < -0.39 is 5.97 Å². The van der Waals surface area contributed by atoms with Gasteiger partial charge in [-0.2, -0.15) is 0 Å². The predicted octanol–water partition coefficient (Wildman–Crippen LogP) is 3.51. The summed E-state index contributed by atoms with van der Waals surface area (Å²) >= 11 is 0. The van der Waals surface area contributed by atoms with E-state index in [1.165, 1.54) is 32.7 Å². The third kappa shape index (κ3) is 4.08. The normalized spacial score (nSPS) is 11.7. The van der Waals surface area contributed by atoms with Crippen LogP contribution in [0.5, 0.6) is 0 Å². The average Bonchev–Trinajstić information content (AvgIpc) is 2.97. The van der Waals surface area contributed by atoms with Crippen molar-refractivity contribution in [1.82, 2.24) is 4.90 Å². The molecule has 0 spiro atoms. The fourth-order valence-electron chi connectivity index (χ4n) is 3.35. The van der Waals surface area contributed by atoms with Gasteiger partial charge in [-0.3, -0.25) is 9.59 Å². The van der Waals surface area contributed by atoms with Crippen LogP contribution in [0.25, 0.3) is 11.1 Å². The van der Waals surface area contributed by atoms with E-state index in [2.05, 4.69) is 42.5 Å². The first kappa shape index (κ1) is 17.2. The molecule has 0 radical (unpaired) electrons. The van der Waals surface area contributed by atoms with E-state index in [1.807, 2.05) is 0 Å². The second-order valence-corrected chi connectivity index (χ2v) is 6.64. The van der Waals surface area contributed by atoms with E-state index in [1.54, 1.807) is 7.05 Å². The largest absolute Gasteiger partial charge is 0.481 e. The Hall–Kier alpha value is -2.62. The first-order valence-corrected chi connectivity index (χ1v) is 8.70. The topological polar surface area (TPSA) is 57.6 Å². The summed E-state index contributed by atoms with van der Waals surface area (Å²) in [4.78, 5) is 24.1. The van der Waals surface area contributed by atoms with Crippen LogP contribution >= 0.6 is 0 Å². The van der Waals surface area contributed by atoms with Crippen LogP contribution in [0.3, 0.4) is 0 Å². The Kier molecular flexibility index (Phi) is 5.17. The van der Waals surface area contributed by atoms with Crippen LogP contribution in [0.2, 0.25) is 0 Å². The third-order valence-electron chi connectivity index (χ3n) is 4.81. The molecule has 2 aromatic rings. The van der Waals surface area contributed by atoms with Crippen molar-refractivity contribution in [3.63, 3.8) is 0 Å². The van der Waals surface area contributed by atoms with Crippen LogP contribution < -0.4 is 0 Å². The zero-order chi connectivity index (χ0) is 17.8. The highest BCUT2D eigenvalue weighted by atomic mass is 16.4. The quantitative estimate of drug-likeness (QED) is 0.718.